The number of hydrogen-bond acceptors (Lipinski definition) is 3. The van der Waals surface area contributed by atoms with Crippen molar-refractivity contribution in [3.63, 3.8) is 0 Å². The standard InChI is InChI=1S/C11H13BrClNO3S2/c12-10-7-9(1-2-11(10)13)19(16,17)14-8-3-5-18(15)6-4-8/h1-2,7-8,14H,3-6H2. The van der Waals surface area contributed by atoms with E-state index in [1.165, 1.54) is 18.2 Å². The van der Waals surface area contributed by atoms with Crippen LogP contribution < -0.4 is 4.72 Å². The van der Waals surface area contributed by atoms with Crippen LogP contribution in [0, 0.1) is 0 Å². The van der Waals surface area contributed by atoms with Gasteiger partial charge in [0.25, 0.3) is 0 Å². The van der Waals surface area contributed by atoms with Gasteiger partial charge in [-0.15, -0.1) is 0 Å². The molecule has 1 N–H and O–H groups in total. The van der Waals surface area contributed by atoms with E-state index in [-0.39, 0.29) is 10.9 Å². The van der Waals surface area contributed by atoms with Crippen molar-refractivity contribution >= 4 is 48.4 Å². The molecule has 0 unspecified atom stereocenters. The lowest BCUT2D eigenvalue weighted by molar-refractivity contribution is 0.522. The summed E-state index contributed by atoms with van der Waals surface area (Å²) in [4.78, 5) is 0.176. The zero-order chi connectivity index (χ0) is 14.0. The van der Waals surface area contributed by atoms with Gasteiger partial charge in [-0.2, -0.15) is 0 Å². The molecule has 1 aromatic carbocycles. The lowest BCUT2D eigenvalue weighted by Crippen LogP contribution is -2.39. The summed E-state index contributed by atoms with van der Waals surface area (Å²) in [6, 6.07) is 4.34. The first-order valence-corrected chi connectivity index (χ1v) is 9.85. The predicted octanol–water partition coefficient (Wildman–Crippen LogP) is 2.29. The molecule has 106 valence electrons. The highest BCUT2D eigenvalue weighted by Gasteiger charge is 2.24. The minimum absolute atomic E-state index is 0.142. The molecule has 0 radical (unpaired) electrons. The molecule has 1 saturated heterocycles. The molecule has 19 heavy (non-hydrogen) atoms. The van der Waals surface area contributed by atoms with Crippen molar-refractivity contribution < 1.29 is 12.6 Å². The van der Waals surface area contributed by atoms with E-state index in [2.05, 4.69) is 20.7 Å². The maximum atomic E-state index is 12.2. The summed E-state index contributed by atoms with van der Waals surface area (Å²) in [7, 11) is -4.35. The Bertz CT molecular complexity index is 596. The Hall–Kier alpha value is 0.0500. The molecule has 1 aromatic rings. The van der Waals surface area contributed by atoms with E-state index in [1.807, 2.05) is 0 Å². The molecule has 0 aromatic heterocycles. The number of rotatable bonds is 3. The van der Waals surface area contributed by atoms with Crippen molar-refractivity contribution in [3.05, 3.63) is 27.7 Å². The predicted molar refractivity (Wildman–Crippen MR) is 80.4 cm³/mol. The summed E-state index contributed by atoms with van der Waals surface area (Å²) < 4.78 is 38.8. The molecule has 4 nitrogen and oxygen atoms in total. The highest BCUT2D eigenvalue weighted by molar-refractivity contribution is 9.10. The van der Waals surface area contributed by atoms with Gasteiger partial charge in [-0.25, -0.2) is 13.1 Å². The Morgan fingerprint density at radius 3 is 2.53 bits per heavy atom. The molecule has 1 heterocycles. The van der Waals surface area contributed by atoms with Crippen molar-refractivity contribution in [1.82, 2.24) is 4.72 Å². The van der Waals surface area contributed by atoms with E-state index in [1.54, 1.807) is 0 Å². The zero-order valence-corrected chi connectivity index (χ0v) is 13.9. The topological polar surface area (TPSA) is 63.2 Å². The molecule has 1 aliphatic rings. The molecule has 0 bridgehead atoms. The van der Waals surface area contributed by atoms with Gasteiger partial charge in [-0.1, -0.05) is 11.6 Å². The highest BCUT2D eigenvalue weighted by Crippen LogP contribution is 2.25. The molecule has 0 aliphatic carbocycles. The fraction of sp³-hybridized carbons (Fsp3) is 0.455. The van der Waals surface area contributed by atoms with Gasteiger partial charge in [0, 0.05) is 32.8 Å². The normalized spacial score (nSPS) is 24.3. The van der Waals surface area contributed by atoms with Crippen molar-refractivity contribution in [2.75, 3.05) is 11.5 Å². The van der Waals surface area contributed by atoms with Crippen molar-refractivity contribution in [1.29, 1.82) is 0 Å². The van der Waals surface area contributed by atoms with Crippen LogP contribution in [0.5, 0.6) is 0 Å². The van der Waals surface area contributed by atoms with Crippen LogP contribution in [-0.2, 0) is 20.8 Å². The number of halogens is 2. The zero-order valence-electron chi connectivity index (χ0n) is 9.93. The van der Waals surface area contributed by atoms with Crippen molar-refractivity contribution in [2.45, 2.75) is 23.8 Å². The first-order valence-electron chi connectivity index (χ1n) is 5.71. The number of hydrogen-bond donors (Lipinski definition) is 1. The minimum Gasteiger partial charge on any atom is -0.260 e. The van der Waals surface area contributed by atoms with Crippen LogP contribution in [0.4, 0.5) is 0 Å². The fourth-order valence-electron chi connectivity index (χ4n) is 1.84. The van der Waals surface area contributed by atoms with E-state index >= 15 is 0 Å². The van der Waals surface area contributed by atoms with Gasteiger partial charge < -0.3 is 0 Å². The summed E-state index contributed by atoms with van der Waals surface area (Å²) in [6.07, 6.45) is 1.22. The molecule has 1 aliphatic heterocycles. The van der Waals surface area contributed by atoms with E-state index < -0.39 is 20.8 Å². The van der Waals surface area contributed by atoms with Crippen LogP contribution >= 0.6 is 27.5 Å². The second kappa shape index (κ2) is 6.22. The third kappa shape index (κ3) is 4.01. The molecule has 0 atom stereocenters. The summed E-state index contributed by atoms with van der Waals surface area (Å²) in [5, 5.41) is 0.465. The monoisotopic (exact) mass is 385 g/mol. The third-order valence-corrected chi connectivity index (χ3v) is 7.03. The summed E-state index contributed by atoms with van der Waals surface area (Å²) in [5.74, 6) is 1.11. The Morgan fingerprint density at radius 2 is 1.95 bits per heavy atom. The Morgan fingerprint density at radius 1 is 1.32 bits per heavy atom. The molecule has 0 spiro atoms. The van der Waals surface area contributed by atoms with Crippen LogP contribution in [-0.4, -0.2) is 30.2 Å². The SMILES string of the molecule is O=S1CCC(NS(=O)(=O)c2ccc(Cl)c(Br)c2)CC1. The van der Waals surface area contributed by atoms with Crippen molar-refractivity contribution in [2.24, 2.45) is 0 Å². The molecule has 0 saturated carbocycles. The Balaban J connectivity index is 2.13. The van der Waals surface area contributed by atoms with Gasteiger partial charge >= 0.3 is 0 Å². The van der Waals surface area contributed by atoms with Gasteiger partial charge in [0.2, 0.25) is 10.0 Å². The van der Waals surface area contributed by atoms with E-state index in [4.69, 9.17) is 11.6 Å². The average molecular weight is 387 g/mol. The maximum Gasteiger partial charge on any atom is 0.240 e. The van der Waals surface area contributed by atoms with Crippen LogP contribution in [0.25, 0.3) is 0 Å². The molecule has 2 rings (SSSR count). The van der Waals surface area contributed by atoms with E-state index in [0.29, 0.717) is 33.8 Å². The molecule has 0 amide bonds. The Labute approximate surface area is 128 Å². The van der Waals surface area contributed by atoms with E-state index in [0.717, 1.165) is 0 Å². The van der Waals surface area contributed by atoms with Crippen LogP contribution in [0.2, 0.25) is 5.02 Å². The van der Waals surface area contributed by atoms with E-state index in [9.17, 15) is 12.6 Å². The quantitative estimate of drug-likeness (QED) is 0.867. The molecule has 1 fully saturated rings. The second-order valence-corrected chi connectivity index (χ2v) is 8.99. The third-order valence-electron chi connectivity index (χ3n) is 2.91. The highest BCUT2D eigenvalue weighted by atomic mass is 79.9. The number of sulfonamides is 1. The Kier molecular flexibility index (Phi) is 5.05. The van der Waals surface area contributed by atoms with Gasteiger partial charge in [-0.3, -0.25) is 4.21 Å². The van der Waals surface area contributed by atoms with Gasteiger partial charge in [-0.05, 0) is 47.0 Å². The smallest absolute Gasteiger partial charge is 0.240 e. The average Bonchev–Trinajstić information content (AvgIpc) is 2.35. The number of nitrogens with one attached hydrogen (secondary N) is 1. The fourth-order valence-corrected chi connectivity index (χ4v) is 5.12. The first kappa shape index (κ1) is 15.4. The largest absolute Gasteiger partial charge is 0.260 e. The first-order chi connectivity index (χ1) is 8.88. The molecular formula is C11H13BrClNO3S2. The van der Waals surface area contributed by atoms with Gasteiger partial charge in [0.15, 0.2) is 0 Å². The maximum absolute atomic E-state index is 12.2. The van der Waals surface area contributed by atoms with Gasteiger partial charge in [0.05, 0.1) is 9.92 Å². The van der Waals surface area contributed by atoms with Gasteiger partial charge in [0.1, 0.15) is 0 Å². The lowest BCUT2D eigenvalue weighted by atomic mass is 10.2. The van der Waals surface area contributed by atoms with Crippen LogP contribution in [0.3, 0.4) is 0 Å². The number of benzene rings is 1. The second-order valence-electron chi connectivity index (χ2n) is 4.32. The lowest BCUT2D eigenvalue weighted by Gasteiger charge is -2.22. The minimum atomic E-state index is -3.55. The summed E-state index contributed by atoms with van der Waals surface area (Å²) in [5.41, 5.74) is 0. The molecule has 8 heteroatoms. The van der Waals surface area contributed by atoms with Crippen LogP contribution in [0.15, 0.2) is 27.6 Å². The van der Waals surface area contributed by atoms with Crippen molar-refractivity contribution in [3.8, 4) is 0 Å². The molecular weight excluding hydrogens is 374 g/mol. The van der Waals surface area contributed by atoms with Crippen LogP contribution in [0.1, 0.15) is 12.8 Å². The summed E-state index contributed by atoms with van der Waals surface area (Å²) >= 11 is 9.05. The summed E-state index contributed by atoms with van der Waals surface area (Å²) in [6.45, 7) is 0.